The monoisotopic (exact) mass is 257 g/mol. The molecule has 2 saturated heterocycles. The lowest BCUT2D eigenvalue weighted by atomic mass is 10.1. The molecular weight excluding hydrogens is 242 g/mol. The summed E-state index contributed by atoms with van der Waals surface area (Å²) < 4.78 is 15.7. The highest BCUT2D eigenvalue weighted by Gasteiger charge is 2.53. The molecule has 2 fully saturated rings. The zero-order valence-corrected chi connectivity index (χ0v) is 9.83. The summed E-state index contributed by atoms with van der Waals surface area (Å²) in [6.45, 7) is 4.34. The predicted octanol–water partition coefficient (Wildman–Crippen LogP) is 0.211. The van der Waals surface area contributed by atoms with Gasteiger partial charge in [0.15, 0.2) is 5.79 Å². The number of carboxylic acids is 1. The van der Waals surface area contributed by atoms with E-state index in [0.717, 1.165) is 4.90 Å². The molecule has 1 atom stereocenters. The number of ether oxygens (including phenoxy) is 3. The zero-order chi connectivity index (χ0) is 13.2. The highest BCUT2D eigenvalue weighted by molar-refractivity contribution is 5.81. The van der Waals surface area contributed by atoms with E-state index in [4.69, 9.17) is 19.3 Å². The first-order valence-corrected chi connectivity index (χ1v) is 5.63. The van der Waals surface area contributed by atoms with Crippen molar-refractivity contribution in [3.63, 3.8) is 0 Å². The summed E-state index contributed by atoms with van der Waals surface area (Å²) in [5.74, 6) is -2.09. The van der Waals surface area contributed by atoms with E-state index in [2.05, 4.69) is 6.58 Å². The molecule has 0 aromatic carbocycles. The zero-order valence-electron chi connectivity index (χ0n) is 9.83. The molecule has 0 aromatic heterocycles. The van der Waals surface area contributed by atoms with Crippen LogP contribution in [0.15, 0.2) is 12.7 Å². The third-order valence-electron chi connectivity index (χ3n) is 2.95. The summed E-state index contributed by atoms with van der Waals surface area (Å²) in [5.41, 5.74) is 0. The third kappa shape index (κ3) is 2.32. The summed E-state index contributed by atoms with van der Waals surface area (Å²) in [6.07, 6.45) is 0.839. The summed E-state index contributed by atoms with van der Waals surface area (Å²) in [5, 5.41) is 9.12. The average molecular weight is 257 g/mol. The number of carboxylic acid groups (broad SMARTS) is 1. The molecular formula is C11H15NO6. The number of hydrogen-bond donors (Lipinski definition) is 1. The number of carbonyl (C=O) groups is 2. The van der Waals surface area contributed by atoms with Crippen molar-refractivity contribution < 1.29 is 28.9 Å². The second-order valence-electron chi connectivity index (χ2n) is 4.16. The van der Waals surface area contributed by atoms with Crippen LogP contribution in [0.25, 0.3) is 0 Å². The van der Waals surface area contributed by atoms with Gasteiger partial charge in [0, 0.05) is 6.42 Å². The molecule has 2 rings (SSSR count). The minimum absolute atomic E-state index is 0.0381. The predicted molar refractivity (Wildman–Crippen MR) is 58.9 cm³/mol. The molecule has 0 aromatic rings. The van der Waals surface area contributed by atoms with Crippen molar-refractivity contribution in [1.82, 2.24) is 4.90 Å². The van der Waals surface area contributed by atoms with Gasteiger partial charge in [0.05, 0.1) is 19.8 Å². The first-order chi connectivity index (χ1) is 8.58. The van der Waals surface area contributed by atoms with Gasteiger partial charge in [0.25, 0.3) is 0 Å². The van der Waals surface area contributed by atoms with E-state index in [0.29, 0.717) is 13.2 Å². The SMILES string of the molecule is C=CCOC(=O)N1CC2(C[C@H]1C(=O)O)OCCO2. The Morgan fingerprint density at radius 3 is 2.72 bits per heavy atom. The molecule has 1 amide bonds. The highest BCUT2D eigenvalue weighted by atomic mass is 16.7. The first-order valence-electron chi connectivity index (χ1n) is 5.63. The minimum Gasteiger partial charge on any atom is -0.480 e. The molecule has 7 heteroatoms. The summed E-state index contributed by atoms with van der Waals surface area (Å²) >= 11 is 0. The number of carbonyl (C=O) groups excluding carboxylic acids is 1. The first kappa shape index (κ1) is 12.8. The number of rotatable bonds is 3. The van der Waals surface area contributed by atoms with Crippen molar-refractivity contribution in [2.24, 2.45) is 0 Å². The molecule has 2 aliphatic rings. The maximum absolute atomic E-state index is 11.7. The lowest BCUT2D eigenvalue weighted by Gasteiger charge is -2.22. The van der Waals surface area contributed by atoms with Crippen molar-refractivity contribution in [2.45, 2.75) is 18.2 Å². The van der Waals surface area contributed by atoms with Crippen molar-refractivity contribution in [1.29, 1.82) is 0 Å². The fourth-order valence-corrected chi connectivity index (χ4v) is 2.17. The Morgan fingerprint density at radius 2 is 2.17 bits per heavy atom. The van der Waals surface area contributed by atoms with E-state index in [9.17, 15) is 9.59 Å². The van der Waals surface area contributed by atoms with Crippen LogP contribution in [0.3, 0.4) is 0 Å². The van der Waals surface area contributed by atoms with Crippen LogP contribution in [0.4, 0.5) is 4.79 Å². The Hall–Kier alpha value is -1.60. The molecule has 0 unspecified atom stereocenters. The fourth-order valence-electron chi connectivity index (χ4n) is 2.17. The van der Waals surface area contributed by atoms with Crippen LogP contribution in [-0.2, 0) is 19.0 Å². The van der Waals surface area contributed by atoms with E-state index in [-0.39, 0.29) is 19.6 Å². The van der Waals surface area contributed by atoms with Gasteiger partial charge < -0.3 is 19.3 Å². The number of amides is 1. The van der Waals surface area contributed by atoms with Crippen molar-refractivity contribution >= 4 is 12.1 Å². The average Bonchev–Trinajstić information content (AvgIpc) is 2.94. The Bertz CT molecular complexity index is 363. The normalized spacial score (nSPS) is 25.3. The summed E-state index contributed by atoms with van der Waals surface area (Å²) in [6, 6.07) is -0.986. The Morgan fingerprint density at radius 1 is 1.50 bits per heavy atom. The van der Waals surface area contributed by atoms with E-state index < -0.39 is 23.9 Å². The van der Waals surface area contributed by atoms with Crippen LogP contribution in [0, 0.1) is 0 Å². The van der Waals surface area contributed by atoms with Gasteiger partial charge >= 0.3 is 12.1 Å². The lowest BCUT2D eigenvalue weighted by Crippen LogP contribution is -2.41. The van der Waals surface area contributed by atoms with Crippen molar-refractivity contribution in [3.05, 3.63) is 12.7 Å². The molecule has 100 valence electrons. The standard InChI is InChI=1S/C11H15NO6/c1-2-3-16-10(15)12-7-11(17-4-5-18-11)6-8(12)9(13)14/h2,8H,1,3-7H2,(H,13,14)/t8-/m0/s1. The topological polar surface area (TPSA) is 85.3 Å². The van der Waals surface area contributed by atoms with Gasteiger partial charge in [-0.1, -0.05) is 12.7 Å². The molecule has 1 spiro atoms. The number of hydrogen-bond acceptors (Lipinski definition) is 5. The van der Waals surface area contributed by atoms with Gasteiger partial charge in [-0.15, -0.1) is 0 Å². The van der Waals surface area contributed by atoms with Gasteiger partial charge in [-0.25, -0.2) is 9.59 Å². The van der Waals surface area contributed by atoms with Gasteiger partial charge in [-0.05, 0) is 0 Å². The van der Waals surface area contributed by atoms with E-state index >= 15 is 0 Å². The highest BCUT2D eigenvalue weighted by Crippen LogP contribution is 2.35. The van der Waals surface area contributed by atoms with E-state index in [1.54, 1.807) is 0 Å². The van der Waals surface area contributed by atoms with Crippen LogP contribution in [-0.4, -0.2) is 60.3 Å². The Balaban J connectivity index is 2.09. The fraction of sp³-hybridized carbons (Fsp3) is 0.636. The largest absolute Gasteiger partial charge is 0.480 e. The molecule has 0 bridgehead atoms. The maximum Gasteiger partial charge on any atom is 0.411 e. The summed E-state index contributed by atoms with van der Waals surface area (Å²) in [4.78, 5) is 24.0. The number of nitrogens with zero attached hydrogens (tertiary/aromatic N) is 1. The molecule has 0 aliphatic carbocycles. The van der Waals surface area contributed by atoms with Gasteiger partial charge in [0.2, 0.25) is 0 Å². The van der Waals surface area contributed by atoms with Crippen molar-refractivity contribution in [3.8, 4) is 0 Å². The number of likely N-dealkylation sites (tertiary alicyclic amines) is 1. The van der Waals surface area contributed by atoms with Crippen LogP contribution < -0.4 is 0 Å². The van der Waals surface area contributed by atoms with Gasteiger partial charge in [0.1, 0.15) is 12.6 Å². The smallest absolute Gasteiger partial charge is 0.411 e. The second-order valence-corrected chi connectivity index (χ2v) is 4.16. The minimum atomic E-state index is -1.10. The van der Waals surface area contributed by atoms with Crippen LogP contribution in [0.1, 0.15) is 6.42 Å². The Labute approximate surface area is 104 Å². The van der Waals surface area contributed by atoms with Gasteiger partial charge in [-0.2, -0.15) is 0 Å². The second kappa shape index (κ2) is 4.95. The van der Waals surface area contributed by atoms with Crippen LogP contribution in [0.2, 0.25) is 0 Å². The molecule has 0 saturated carbocycles. The third-order valence-corrected chi connectivity index (χ3v) is 2.95. The number of aliphatic carboxylic acids is 1. The quantitative estimate of drug-likeness (QED) is 0.727. The molecule has 7 nitrogen and oxygen atoms in total. The molecule has 2 aliphatic heterocycles. The molecule has 1 N–H and O–H groups in total. The van der Waals surface area contributed by atoms with Crippen LogP contribution in [0.5, 0.6) is 0 Å². The van der Waals surface area contributed by atoms with Crippen LogP contribution >= 0.6 is 0 Å². The Kier molecular flexibility index (Phi) is 3.53. The van der Waals surface area contributed by atoms with Crippen molar-refractivity contribution in [2.75, 3.05) is 26.4 Å². The maximum atomic E-state index is 11.7. The van der Waals surface area contributed by atoms with E-state index in [1.165, 1.54) is 6.08 Å². The molecule has 2 heterocycles. The summed E-state index contributed by atoms with van der Waals surface area (Å²) in [7, 11) is 0. The molecule has 0 radical (unpaired) electrons. The molecule has 18 heavy (non-hydrogen) atoms. The van der Waals surface area contributed by atoms with E-state index in [1.807, 2.05) is 0 Å². The van der Waals surface area contributed by atoms with Gasteiger partial charge in [-0.3, -0.25) is 4.90 Å². The lowest BCUT2D eigenvalue weighted by molar-refractivity contribution is -0.150.